The number of aromatic nitrogens is 1. The topological polar surface area (TPSA) is 86.4 Å². The lowest BCUT2D eigenvalue weighted by Crippen LogP contribution is -2.25. The van der Waals surface area contributed by atoms with Crippen LogP contribution in [0.3, 0.4) is 0 Å². The number of H-pyrrole nitrogens is 1. The van der Waals surface area contributed by atoms with Crippen molar-refractivity contribution in [1.29, 1.82) is 0 Å². The summed E-state index contributed by atoms with van der Waals surface area (Å²) in [6.45, 7) is 1.23. The molecule has 0 saturated carbocycles. The average molecular weight is 374 g/mol. The van der Waals surface area contributed by atoms with E-state index in [-0.39, 0.29) is 6.61 Å². The summed E-state index contributed by atoms with van der Waals surface area (Å²) < 4.78 is 5.23. The highest BCUT2D eigenvalue weighted by atomic mass is 35.5. The summed E-state index contributed by atoms with van der Waals surface area (Å²) >= 11 is 6.16. The van der Waals surface area contributed by atoms with Crippen LogP contribution < -0.4 is 15.5 Å². The Bertz CT molecular complexity index is 895. The normalized spacial score (nSPS) is 10.8. The van der Waals surface area contributed by atoms with Gasteiger partial charge in [-0.1, -0.05) is 35.9 Å². The second-order valence-electron chi connectivity index (χ2n) is 5.87. The predicted octanol–water partition coefficient (Wildman–Crippen LogP) is 3.04. The van der Waals surface area contributed by atoms with Gasteiger partial charge in [0, 0.05) is 23.6 Å². The van der Waals surface area contributed by atoms with Gasteiger partial charge in [-0.2, -0.15) is 0 Å². The fourth-order valence-electron chi connectivity index (χ4n) is 2.74. The lowest BCUT2D eigenvalue weighted by molar-refractivity contribution is -0.131. The summed E-state index contributed by atoms with van der Waals surface area (Å²) in [5.41, 5.74) is 4.97. The van der Waals surface area contributed by atoms with Gasteiger partial charge in [0.1, 0.15) is 5.75 Å². The molecule has 0 atom stereocenters. The number of carbonyl (C=O) groups is 1. The first-order chi connectivity index (χ1) is 12.7. The van der Waals surface area contributed by atoms with E-state index in [0.29, 0.717) is 17.3 Å². The van der Waals surface area contributed by atoms with E-state index in [2.05, 4.69) is 28.6 Å². The molecule has 1 heterocycles. The fourth-order valence-corrected chi connectivity index (χ4v) is 3.00. The van der Waals surface area contributed by atoms with Gasteiger partial charge in [0.2, 0.25) is 0 Å². The number of fused-ring (bicyclic) bond motifs is 1. The van der Waals surface area contributed by atoms with Crippen LogP contribution in [-0.2, 0) is 17.8 Å². The molecule has 0 aliphatic carbocycles. The van der Waals surface area contributed by atoms with E-state index in [9.17, 15) is 4.79 Å². The van der Waals surface area contributed by atoms with Crippen LogP contribution in [0.25, 0.3) is 10.9 Å². The van der Waals surface area contributed by atoms with Crippen LogP contribution in [0, 0.1) is 0 Å². The Morgan fingerprint density at radius 1 is 1.23 bits per heavy atom. The minimum absolute atomic E-state index is 0.293. The number of ether oxygens (including phenoxy) is 1. The molecule has 1 amide bonds. The third-order valence-corrected chi connectivity index (χ3v) is 4.35. The number of para-hydroxylation sites is 1. The first-order valence-electron chi connectivity index (χ1n) is 8.27. The predicted molar refractivity (Wildman–Crippen MR) is 101 cm³/mol. The summed E-state index contributed by atoms with van der Waals surface area (Å²) in [5, 5.41) is 13.5. The molecule has 3 aromatic rings. The number of benzene rings is 2. The van der Waals surface area contributed by atoms with E-state index in [0.717, 1.165) is 24.0 Å². The number of nitrogens with one attached hydrogen (secondary N) is 3. The summed E-state index contributed by atoms with van der Waals surface area (Å²) in [6.07, 6.45) is 2.98. The van der Waals surface area contributed by atoms with Crippen molar-refractivity contribution in [3.05, 3.63) is 64.8 Å². The lowest BCUT2D eigenvalue weighted by Gasteiger charge is -2.09. The molecule has 7 heteroatoms. The molecule has 26 heavy (non-hydrogen) atoms. The summed E-state index contributed by atoms with van der Waals surface area (Å²) in [5.74, 6) is -0.234. The van der Waals surface area contributed by atoms with Gasteiger partial charge in [0.15, 0.2) is 6.61 Å². The van der Waals surface area contributed by atoms with E-state index >= 15 is 0 Å². The summed E-state index contributed by atoms with van der Waals surface area (Å²) in [7, 11) is 0. The maximum atomic E-state index is 11.0. The number of hydrogen-bond acceptors (Lipinski definition) is 4. The van der Waals surface area contributed by atoms with E-state index in [4.69, 9.17) is 21.5 Å². The molecule has 0 aliphatic heterocycles. The smallest absolute Gasteiger partial charge is 0.281 e. The fraction of sp³-hybridized carbons (Fsp3) is 0.211. The molecule has 0 aliphatic rings. The maximum Gasteiger partial charge on any atom is 0.281 e. The molecule has 4 N–H and O–H groups in total. The third kappa shape index (κ3) is 4.54. The van der Waals surface area contributed by atoms with Gasteiger partial charge in [-0.25, -0.2) is 5.48 Å². The van der Waals surface area contributed by atoms with Gasteiger partial charge in [0.25, 0.3) is 5.91 Å². The number of carbonyl (C=O) groups excluding carboxylic acids is 1. The van der Waals surface area contributed by atoms with Crippen molar-refractivity contribution >= 4 is 28.4 Å². The van der Waals surface area contributed by atoms with Crippen molar-refractivity contribution in [2.75, 3.05) is 13.2 Å². The van der Waals surface area contributed by atoms with Crippen LogP contribution in [0.15, 0.2) is 48.7 Å². The van der Waals surface area contributed by atoms with Gasteiger partial charge in [-0.15, -0.1) is 0 Å². The van der Waals surface area contributed by atoms with E-state index in [1.165, 1.54) is 16.4 Å². The summed E-state index contributed by atoms with van der Waals surface area (Å²) in [4.78, 5) is 14.3. The Balaban J connectivity index is 1.49. The van der Waals surface area contributed by atoms with Crippen LogP contribution in [0.4, 0.5) is 0 Å². The molecule has 3 rings (SSSR count). The van der Waals surface area contributed by atoms with Crippen molar-refractivity contribution < 1.29 is 14.7 Å². The number of hydrogen-bond donors (Lipinski definition) is 4. The van der Waals surface area contributed by atoms with Crippen molar-refractivity contribution in [3.8, 4) is 5.75 Å². The number of rotatable bonds is 8. The van der Waals surface area contributed by atoms with E-state index in [1.807, 2.05) is 18.2 Å². The highest BCUT2D eigenvalue weighted by molar-refractivity contribution is 6.32. The zero-order chi connectivity index (χ0) is 18.4. The molecule has 6 nitrogen and oxygen atoms in total. The first-order valence-corrected chi connectivity index (χ1v) is 8.65. The number of aromatic amines is 1. The van der Waals surface area contributed by atoms with Gasteiger partial charge in [-0.3, -0.25) is 10.0 Å². The van der Waals surface area contributed by atoms with E-state index < -0.39 is 5.91 Å². The Labute approximate surface area is 156 Å². The minimum Gasteiger partial charge on any atom is -0.482 e. The van der Waals surface area contributed by atoms with Crippen molar-refractivity contribution in [2.24, 2.45) is 0 Å². The van der Waals surface area contributed by atoms with Crippen LogP contribution in [0.1, 0.15) is 11.1 Å². The second kappa shape index (κ2) is 8.71. The molecule has 0 unspecified atom stereocenters. The molecule has 1 aromatic heterocycles. The SMILES string of the molecule is O=C(COc1ccc(CNCCc2c[nH]c3ccccc23)cc1Cl)NO. The number of hydroxylamine groups is 1. The molecule has 0 bridgehead atoms. The molecule has 136 valence electrons. The van der Waals surface area contributed by atoms with Crippen LogP contribution >= 0.6 is 11.6 Å². The monoisotopic (exact) mass is 373 g/mol. The van der Waals surface area contributed by atoms with Gasteiger partial charge >= 0.3 is 0 Å². The molecule has 2 aromatic carbocycles. The maximum absolute atomic E-state index is 11.0. The number of halogens is 1. The van der Waals surface area contributed by atoms with Gasteiger partial charge in [-0.05, 0) is 42.3 Å². The molecule has 0 fully saturated rings. The standard InChI is InChI=1S/C19H20ClN3O3/c20-16-9-13(5-6-18(16)26-12-19(24)23-25)10-21-8-7-14-11-22-17-4-2-1-3-15(14)17/h1-6,9,11,21-22,25H,7-8,10,12H2,(H,23,24). The summed E-state index contributed by atoms with van der Waals surface area (Å²) in [6, 6.07) is 13.7. The first kappa shape index (κ1) is 18.3. The molecular formula is C19H20ClN3O3. The Morgan fingerprint density at radius 3 is 2.88 bits per heavy atom. The molecule has 0 saturated heterocycles. The lowest BCUT2D eigenvalue weighted by atomic mass is 10.1. The van der Waals surface area contributed by atoms with Gasteiger partial charge in [0.05, 0.1) is 5.02 Å². The second-order valence-corrected chi connectivity index (χ2v) is 6.28. The van der Waals surface area contributed by atoms with Crippen LogP contribution in [-0.4, -0.2) is 29.3 Å². The Kier molecular flexibility index (Phi) is 6.12. The van der Waals surface area contributed by atoms with Crippen LogP contribution in [0.2, 0.25) is 5.02 Å². The molecule has 0 spiro atoms. The van der Waals surface area contributed by atoms with Crippen molar-refractivity contribution in [2.45, 2.75) is 13.0 Å². The van der Waals surface area contributed by atoms with Gasteiger partial charge < -0.3 is 15.0 Å². The highest BCUT2D eigenvalue weighted by Gasteiger charge is 2.07. The third-order valence-electron chi connectivity index (χ3n) is 4.05. The molecule has 0 radical (unpaired) electrons. The zero-order valence-electron chi connectivity index (χ0n) is 14.1. The Morgan fingerprint density at radius 2 is 2.08 bits per heavy atom. The highest BCUT2D eigenvalue weighted by Crippen LogP contribution is 2.25. The molecular weight excluding hydrogens is 354 g/mol. The average Bonchev–Trinajstić information content (AvgIpc) is 3.07. The minimum atomic E-state index is -0.635. The zero-order valence-corrected chi connectivity index (χ0v) is 14.8. The quantitative estimate of drug-likeness (QED) is 0.278. The van der Waals surface area contributed by atoms with Crippen molar-refractivity contribution in [1.82, 2.24) is 15.8 Å². The number of amides is 1. The van der Waals surface area contributed by atoms with Crippen LogP contribution in [0.5, 0.6) is 5.75 Å². The largest absolute Gasteiger partial charge is 0.482 e. The Hall–Kier alpha value is -2.54. The van der Waals surface area contributed by atoms with Crippen molar-refractivity contribution in [3.63, 3.8) is 0 Å². The van der Waals surface area contributed by atoms with E-state index in [1.54, 1.807) is 12.1 Å².